The van der Waals surface area contributed by atoms with Crippen molar-refractivity contribution in [2.24, 2.45) is 5.92 Å². The highest BCUT2D eigenvalue weighted by Crippen LogP contribution is 2.39. The average molecular weight is 486 g/mol. The maximum absolute atomic E-state index is 13.1. The zero-order chi connectivity index (χ0) is 23.7. The van der Waals surface area contributed by atoms with Gasteiger partial charge in [-0.25, -0.2) is 9.97 Å². The number of nitrogens with zero attached hydrogens (tertiary/aromatic N) is 5. The average Bonchev–Trinajstić information content (AvgIpc) is 3.75. The van der Waals surface area contributed by atoms with Crippen molar-refractivity contribution in [2.45, 2.75) is 44.2 Å². The van der Waals surface area contributed by atoms with Crippen LogP contribution in [0.15, 0.2) is 24.7 Å². The maximum atomic E-state index is 13.1. The molecule has 3 aromatic heterocycles. The van der Waals surface area contributed by atoms with E-state index in [1.165, 1.54) is 12.8 Å². The number of nitrogens with one attached hydrogen (secondary N) is 1. The molecule has 1 aromatic carbocycles. The van der Waals surface area contributed by atoms with Crippen LogP contribution in [0.5, 0.6) is 0 Å². The van der Waals surface area contributed by atoms with Crippen LogP contribution < -0.4 is 11.1 Å². The first-order valence-corrected chi connectivity index (χ1v) is 12.6. The fraction of sp³-hybridized carbons (Fsp3) is 0.385. The molecule has 3 aliphatic rings. The second-order valence-electron chi connectivity index (χ2n) is 9.81. The Bertz CT molecular complexity index is 1580. The molecule has 0 amide bonds. The monoisotopic (exact) mass is 485 g/mol. The SMILES string of the molecule is Nc1ncc(C(=O)C2CC2)c2c1c(C#Cc1cc3ncn(C4CC4)c3cc1Cl)nn2C1CCNC1. The summed E-state index contributed by atoms with van der Waals surface area (Å²) in [5.74, 6) is 6.91. The van der Waals surface area contributed by atoms with E-state index < -0.39 is 0 Å². The molecule has 9 heteroatoms. The fourth-order valence-corrected chi connectivity index (χ4v) is 5.26. The summed E-state index contributed by atoms with van der Waals surface area (Å²) in [5.41, 5.74) is 10.8. The fourth-order valence-electron chi connectivity index (χ4n) is 5.05. The molecule has 35 heavy (non-hydrogen) atoms. The Balaban J connectivity index is 1.37. The Hall–Kier alpha value is -3.41. The van der Waals surface area contributed by atoms with Gasteiger partial charge in [0.2, 0.25) is 0 Å². The van der Waals surface area contributed by atoms with Crippen LogP contribution in [0, 0.1) is 17.8 Å². The number of nitrogen functional groups attached to an aromatic ring is 1. The van der Waals surface area contributed by atoms with Gasteiger partial charge in [-0.1, -0.05) is 17.5 Å². The summed E-state index contributed by atoms with van der Waals surface area (Å²) >= 11 is 6.63. The third-order valence-corrected chi connectivity index (χ3v) is 7.58. The number of carbonyl (C=O) groups is 1. The maximum Gasteiger partial charge on any atom is 0.169 e. The van der Waals surface area contributed by atoms with Crippen molar-refractivity contribution in [2.75, 3.05) is 18.8 Å². The number of anilines is 1. The predicted molar refractivity (Wildman–Crippen MR) is 135 cm³/mol. The lowest BCUT2D eigenvalue weighted by atomic mass is 10.0. The van der Waals surface area contributed by atoms with Gasteiger partial charge in [-0.3, -0.25) is 9.48 Å². The van der Waals surface area contributed by atoms with Crippen LogP contribution in [0.1, 0.15) is 65.8 Å². The zero-order valence-electron chi connectivity index (χ0n) is 19.1. The van der Waals surface area contributed by atoms with E-state index in [-0.39, 0.29) is 17.7 Å². The largest absolute Gasteiger partial charge is 0.383 e. The van der Waals surface area contributed by atoms with Crippen molar-refractivity contribution in [1.29, 1.82) is 0 Å². The van der Waals surface area contributed by atoms with Crippen LogP contribution in [0.2, 0.25) is 5.02 Å². The summed E-state index contributed by atoms with van der Waals surface area (Å²) in [6.45, 7) is 1.69. The molecule has 0 bridgehead atoms. The van der Waals surface area contributed by atoms with Crippen LogP contribution in [0.3, 0.4) is 0 Å². The van der Waals surface area contributed by atoms with Crippen molar-refractivity contribution in [3.63, 3.8) is 0 Å². The summed E-state index contributed by atoms with van der Waals surface area (Å²) < 4.78 is 4.13. The Morgan fingerprint density at radius 3 is 2.71 bits per heavy atom. The van der Waals surface area contributed by atoms with Gasteiger partial charge in [0.15, 0.2) is 5.78 Å². The Morgan fingerprint density at radius 1 is 1.11 bits per heavy atom. The van der Waals surface area contributed by atoms with E-state index in [1.54, 1.807) is 6.20 Å². The minimum absolute atomic E-state index is 0.0733. The summed E-state index contributed by atoms with van der Waals surface area (Å²) in [6, 6.07) is 4.52. The number of carbonyl (C=O) groups excluding carboxylic acids is 1. The van der Waals surface area contributed by atoms with Gasteiger partial charge in [-0.05, 0) is 56.7 Å². The quantitative estimate of drug-likeness (QED) is 0.336. The van der Waals surface area contributed by atoms with Gasteiger partial charge in [0.25, 0.3) is 0 Å². The van der Waals surface area contributed by atoms with Gasteiger partial charge < -0.3 is 15.6 Å². The molecule has 1 saturated heterocycles. The topological polar surface area (TPSA) is 104 Å². The lowest BCUT2D eigenvalue weighted by Gasteiger charge is -2.13. The second-order valence-corrected chi connectivity index (χ2v) is 10.2. The van der Waals surface area contributed by atoms with Gasteiger partial charge in [0.05, 0.1) is 44.9 Å². The molecule has 8 nitrogen and oxygen atoms in total. The molecule has 176 valence electrons. The minimum atomic E-state index is 0.0733. The molecule has 1 unspecified atom stereocenters. The van der Waals surface area contributed by atoms with E-state index >= 15 is 0 Å². The third-order valence-electron chi connectivity index (χ3n) is 7.27. The number of imidazole rings is 1. The van der Waals surface area contributed by atoms with Gasteiger partial charge in [0.1, 0.15) is 11.5 Å². The van der Waals surface area contributed by atoms with Crippen molar-refractivity contribution >= 4 is 45.1 Å². The highest BCUT2D eigenvalue weighted by atomic mass is 35.5. The third kappa shape index (κ3) is 3.49. The van der Waals surface area contributed by atoms with E-state index in [0.29, 0.717) is 39.1 Å². The molecule has 2 saturated carbocycles. The predicted octanol–water partition coefficient (Wildman–Crippen LogP) is 3.88. The van der Waals surface area contributed by atoms with Gasteiger partial charge in [-0.2, -0.15) is 5.10 Å². The number of ketones is 1. The zero-order valence-corrected chi connectivity index (χ0v) is 19.8. The van der Waals surface area contributed by atoms with Gasteiger partial charge in [-0.15, -0.1) is 0 Å². The van der Waals surface area contributed by atoms with Crippen LogP contribution in [0.25, 0.3) is 21.9 Å². The Morgan fingerprint density at radius 2 is 1.97 bits per heavy atom. The van der Waals surface area contributed by atoms with Crippen LogP contribution in [0.4, 0.5) is 5.82 Å². The number of nitrogens with two attached hydrogens (primary N) is 1. The van der Waals surface area contributed by atoms with Crippen molar-refractivity contribution < 1.29 is 4.79 Å². The smallest absolute Gasteiger partial charge is 0.169 e. The van der Waals surface area contributed by atoms with Crippen LogP contribution in [-0.4, -0.2) is 43.2 Å². The molecule has 7 rings (SSSR count). The molecular formula is C26H24ClN7O. The number of hydrogen-bond donors (Lipinski definition) is 2. The molecule has 0 radical (unpaired) electrons. The molecule has 2 aliphatic carbocycles. The molecular weight excluding hydrogens is 462 g/mol. The first kappa shape index (κ1) is 20.9. The number of benzene rings is 1. The summed E-state index contributed by atoms with van der Waals surface area (Å²) in [7, 11) is 0. The summed E-state index contributed by atoms with van der Waals surface area (Å²) in [4.78, 5) is 22.0. The standard InChI is InChI=1S/C26H24ClN7O/c27-19-10-22-21(31-13-33(22)16-4-5-16)9-15(19)3-6-20-23-24(34(32-20)17-7-8-29-11-17)18(12-30-26(23)28)25(35)14-1-2-14/h9-10,12-14,16-17,29H,1-2,4-5,7-8,11H2,(H2,28,30). The highest BCUT2D eigenvalue weighted by molar-refractivity contribution is 6.32. The molecule has 1 atom stereocenters. The van der Waals surface area contributed by atoms with Crippen molar-refractivity contribution in [3.8, 4) is 11.8 Å². The molecule has 4 heterocycles. The molecule has 0 spiro atoms. The minimum Gasteiger partial charge on any atom is -0.383 e. The van der Waals surface area contributed by atoms with Gasteiger partial charge in [0, 0.05) is 30.3 Å². The van der Waals surface area contributed by atoms with E-state index in [4.69, 9.17) is 22.4 Å². The second kappa shape index (κ2) is 7.80. The number of hydrogen-bond acceptors (Lipinski definition) is 6. The molecule has 3 N–H and O–H groups in total. The number of Topliss-reactive ketones (excluding diaryl/α,β-unsaturated/α-hetero) is 1. The first-order valence-electron chi connectivity index (χ1n) is 12.2. The van der Waals surface area contributed by atoms with E-state index in [0.717, 1.165) is 48.9 Å². The number of halogens is 1. The van der Waals surface area contributed by atoms with E-state index in [1.807, 2.05) is 23.1 Å². The summed E-state index contributed by atoms with van der Waals surface area (Å²) in [5, 5.41) is 9.47. The number of rotatable bonds is 4. The molecule has 4 aromatic rings. The van der Waals surface area contributed by atoms with E-state index in [9.17, 15) is 4.79 Å². The number of aromatic nitrogens is 5. The van der Waals surface area contributed by atoms with Gasteiger partial charge >= 0.3 is 0 Å². The Kier molecular flexibility index (Phi) is 4.66. The van der Waals surface area contributed by atoms with Crippen molar-refractivity contribution in [1.82, 2.24) is 29.6 Å². The van der Waals surface area contributed by atoms with Crippen molar-refractivity contribution in [3.05, 3.63) is 46.5 Å². The van der Waals surface area contributed by atoms with Crippen LogP contribution in [-0.2, 0) is 0 Å². The number of pyridine rings is 1. The highest BCUT2D eigenvalue weighted by Gasteiger charge is 2.34. The molecule has 3 fully saturated rings. The van der Waals surface area contributed by atoms with Crippen LogP contribution >= 0.6 is 11.6 Å². The Labute approximate surface area is 206 Å². The summed E-state index contributed by atoms with van der Waals surface area (Å²) in [6.07, 6.45) is 8.62. The lowest BCUT2D eigenvalue weighted by Crippen LogP contribution is -2.16. The normalized spacial score (nSPS) is 19.9. The lowest BCUT2D eigenvalue weighted by molar-refractivity contribution is 0.0968. The number of fused-ring (bicyclic) bond motifs is 2. The molecule has 1 aliphatic heterocycles. The first-order chi connectivity index (χ1) is 17.1. The van der Waals surface area contributed by atoms with E-state index in [2.05, 4.69) is 31.7 Å².